The predicted molar refractivity (Wildman–Crippen MR) is 98.6 cm³/mol. The largest absolute Gasteiger partial charge is 0.411 e. The number of hydrogen-bond donors (Lipinski definition) is 1. The third-order valence-electron chi connectivity index (χ3n) is 4.28. The molecule has 1 N–H and O–H groups in total. The molecule has 1 fully saturated rings. The number of ether oxygens (including phenoxy) is 2. The summed E-state index contributed by atoms with van der Waals surface area (Å²) in [6.45, 7) is 2.47. The Kier molecular flexibility index (Phi) is 8.87. The normalized spacial score (nSPS) is 18.1. The first-order valence-electron chi connectivity index (χ1n) is 9.19. The summed E-state index contributed by atoms with van der Waals surface area (Å²) >= 11 is 0. The van der Waals surface area contributed by atoms with E-state index in [1.807, 2.05) is 30.3 Å². The lowest BCUT2D eigenvalue weighted by Crippen LogP contribution is -2.40. The summed E-state index contributed by atoms with van der Waals surface area (Å²) in [7, 11) is 1.71. The average Bonchev–Trinajstić information content (AvgIpc) is 3.10. The van der Waals surface area contributed by atoms with Gasteiger partial charge >= 0.3 is 6.18 Å². The average molecular weight is 387 g/mol. The molecule has 0 saturated carbocycles. The number of aliphatic imine (C=N–C) groups is 1. The molecule has 1 aromatic carbocycles. The van der Waals surface area contributed by atoms with Gasteiger partial charge in [-0.25, -0.2) is 0 Å². The summed E-state index contributed by atoms with van der Waals surface area (Å²) in [5.41, 5.74) is 1.16. The molecule has 0 aliphatic carbocycles. The molecule has 152 valence electrons. The van der Waals surface area contributed by atoms with E-state index in [2.05, 4.69) is 19.9 Å². The zero-order valence-electron chi connectivity index (χ0n) is 15.7. The molecule has 8 heteroatoms. The van der Waals surface area contributed by atoms with Crippen molar-refractivity contribution in [1.82, 2.24) is 10.2 Å². The molecule has 2 rings (SSSR count). The van der Waals surface area contributed by atoms with E-state index in [9.17, 15) is 13.2 Å². The summed E-state index contributed by atoms with van der Waals surface area (Å²) in [5, 5.41) is 3.19. The van der Waals surface area contributed by atoms with Crippen LogP contribution in [0.15, 0.2) is 35.3 Å². The maximum absolute atomic E-state index is 12.0. The zero-order valence-corrected chi connectivity index (χ0v) is 15.7. The SMILES string of the molecule is CN=C(NCCCOCC(F)(F)F)N1CCC(COCc2ccccc2)C1. The first kappa shape index (κ1) is 21.5. The van der Waals surface area contributed by atoms with Crippen LogP contribution in [-0.4, -0.2) is 63.5 Å². The van der Waals surface area contributed by atoms with Crippen molar-refractivity contribution in [2.24, 2.45) is 10.9 Å². The number of alkyl halides is 3. The van der Waals surface area contributed by atoms with Crippen molar-refractivity contribution in [1.29, 1.82) is 0 Å². The molecular formula is C19H28F3N3O2. The van der Waals surface area contributed by atoms with E-state index in [0.29, 0.717) is 32.1 Å². The van der Waals surface area contributed by atoms with Crippen molar-refractivity contribution in [3.05, 3.63) is 35.9 Å². The fourth-order valence-electron chi connectivity index (χ4n) is 2.97. The Morgan fingerprint density at radius 3 is 2.74 bits per heavy atom. The van der Waals surface area contributed by atoms with Gasteiger partial charge in [-0.3, -0.25) is 4.99 Å². The monoisotopic (exact) mass is 387 g/mol. The van der Waals surface area contributed by atoms with E-state index in [1.165, 1.54) is 0 Å². The molecule has 0 bridgehead atoms. The first-order valence-corrected chi connectivity index (χ1v) is 9.19. The predicted octanol–water partition coefficient (Wildman–Crippen LogP) is 3.07. The van der Waals surface area contributed by atoms with E-state index in [1.54, 1.807) is 7.05 Å². The van der Waals surface area contributed by atoms with Crippen LogP contribution in [0.25, 0.3) is 0 Å². The van der Waals surface area contributed by atoms with Crippen LogP contribution in [0.1, 0.15) is 18.4 Å². The number of rotatable bonds is 9. The first-order chi connectivity index (χ1) is 13.0. The number of nitrogens with zero attached hydrogens (tertiary/aromatic N) is 2. The minimum atomic E-state index is -4.27. The van der Waals surface area contributed by atoms with Gasteiger partial charge in [0.25, 0.3) is 0 Å². The van der Waals surface area contributed by atoms with Crippen LogP contribution in [0.4, 0.5) is 13.2 Å². The van der Waals surface area contributed by atoms with Crippen molar-refractivity contribution >= 4 is 5.96 Å². The minimum absolute atomic E-state index is 0.0689. The van der Waals surface area contributed by atoms with Gasteiger partial charge in [0.05, 0.1) is 13.2 Å². The molecule has 0 aromatic heterocycles. The minimum Gasteiger partial charge on any atom is -0.376 e. The molecule has 0 spiro atoms. The quantitative estimate of drug-likeness (QED) is 0.402. The van der Waals surface area contributed by atoms with Crippen LogP contribution >= 0.6 is 0 Å². The van der Waals surface area contributed by atoms with Crippen molar-refractivity contribution in [3.63, 3.8) is 0 Å². The Balaban J connectivity index is 1.59. The summed E-state index contributed by atoms with van der Waals surface area (Å²) in [6, 6.07) is 10.1. The fraction of sp³-hybridized carbons (Fsp3) is 0.632. The lowest BCUT2D eigenvalue weighted by atomic mass is 10.1. The molecule has 1 saturated heterocycles. The van der Waals surface area contributed by atoms with Crippen molar-refractivity contribution in [3.8, 4) is 0 Å². The molecule has 0 radical (unpaired) electrons. The maximum atomic E-state index is 12.0. The zero-order chi connectivity index (χ0) is 19.5. The van der Waals surface area contributed by atoms with Gasteiger partial charge in [-0.15, -0.1) is 0 Å². The molecule has 1 unspecified atom stereocenters. The van der Waals surface area contributed by atoms with Crippen molar-refractivity contribution in [2.75, 3.05) is 46.5 Å². The highest BCUT2D eigenvalue weighted by atomic mass is 19.4. The smallest absolute Gasteiger partial charge is 0.376 e. The summed E-state index contributed by atoms with van der Waals surface area (Å²) in [4.78, 5) is 6.42. The lowest BCUT2D eigenvalue weighted by molar-refractivity contribution is -0.173. The van der Waals surface area contributed by atoms with Gasteiger partial charge < -0.3 is 19.7 Å². The molecule has 0 amide bonds. The number of benzene rings is 1. The van der Waals surface area contributed by atoms with E-state index in [-0.39, 0.29) is 6.61 Å². The summed E-state index contributed by atoms with van der Waals surface area (Å²) in [6.07, 6.45) is -2.74. The third-order valence-corrected chi connectivity index (χ3v) is 4.28. The second-order valence-corrected chi connectivity index (χ2v) is 6.60. The fourth-order valence-corrected chi connectivity index (χ4v) is 2.97. The van der Waals surface area contributed by atoms with Crippen LogP contribution in [0, 0.1) is 5.92 Å². The molecule has 27 heavy (non-hydrogen) atoms. The Bertz CT molecular complexity index is 567. The topological polar surface area (TPSA) is 46.1 Å². The number of hydrogen-bond acceptors (Lipinski definition) is 3. The molecule has 1 aromatic rings. The van der Waals surface area contributed by atoms with E-state index in [4.69, 9.17) is 4.74 Å². The third kappa shape index (κ3) is 8.62. The number of halogens is 3. The molecule has 1 atom stereocenters. The lowest BCUT2D eigenvalue weighted by Gasteiger charge is -2.21. The Hall–Kier alpha value is -1.80. The van der Waals surface area contributed by atoms with Crippen molar-refractivity contribution < 1.29 is 22.6 Å². The summed E-state index contributed by atoms with van der Waals surface area (Å²) in [5.74, 6) is 1.22. The van der Waals surface area contributed by atoms with Gasteiger partial charge in [-0.1, -0.05) is 30.3 Å². The number of nitrogens with one attached hydrogen (secondary N) is 1. The Labute approximate surface area is 158 Å². The van der Waals surface area contributed by atoms with Gasteiger partial charge in [0, 0.05) is 39.2 Å². The van der Waals surface area contributed by atoms with E-state index < -0.39 is 12.8 Å². The molecule has 1 aliphatic heterocycles. The van der Waals surface area contributed by atoms with Gasteiger partial charge in [-0.05, 0) is 18.4 Å². The van der Waals surface area contributed by atoms with E-state index >= 15 is 0 Å². The second-order valence-electron chi connectivity index (χ2n) is 6.60. The van der Waals surface area contributed by atoms with Crippen LogP contribution < -0.4 is 5.32 Å². The second kappa shape index (κ2) is 11.1. The van der Waals surface area contributed by atoms with Crippen LogP contribution in [0.5, 0.6) is 0 Å². The molecule has 1 heterocycles. The molecule has 5 nitrogen and oxygen atoms in total. The van der Waals surface area contributed by atoms with Gasteiger partial charge in [0.2, 0.25) is 0 Å². The van der Waals surface area contributed by atoms with Gasteiger partial charge in [0.1, 0.15) is 6.61 Å². The molecule has 1 aliphatic rings. The van der Waals surface area contributed by atoms with Gasteiger partial charge in [0.15, 0.2) is 5.96 Å². The van der Waals surface area contributed by atoms with Crippen LogP contribution in [-0.2, 0) is 16.1 Å². The molecular weight excluding hydrogens is 359 g/mol. The van der Waals surface area contributed by atoms with Gasteiger partial charge in [-0.2, -0.15) is 13.2 Å². The maximum Gasteiger partial charge on any atom is 0.411 e. The number of guanidine groups is 1. The van der Waals surface area contributed by atoms with Crippen LogP contribution in [0.3, 0.4) is 0 Å². The highest BCUT2D eigenvalue weighted by Gasteiger charge is 2.27. The standard InChI is InChI=1S/C19H28F3N3O2/c1-23-18(24-9-5-11-26-15-19(20,21)22)25-10-8-17(12-25)14-27-13-16-6-3-2-4-7-16/h2-4,6-7,17H,5,8-15H2,1H3,(H,23,24). The highest BCUT2D eigenvalue weighted by Crippen LogP contribution is 2.17. The Morgan fingerprint density at radius 2 is 2.04 bits per heavy atom. The van der Waals surface area contributed by atoms with E-state index in [0.717, 1.165) is 31.0 Å². The highest BCUT2D eigenvalue weighted by molar-refractivity contribution is 5.80. The Morgan fingerprint density at radius 1 is 1.26 bits per heavy atom. The van der Waals surface area contributed by atoms with Crippen LogP contribution in [0.2, 0.25) is 0 Å². The number of likely N-dealkylation sites (tertiary alicyclic amines) is 1. The van der Waals surface area contributed by atoms with Crippen molar-refractivity contribution in [2.45, 2.75) is 25.6 Å². The summed E-state index contributed by atoms with van der Waals surface area (Å²) < 4.78 is 46.4.